The molecule has 0 unspecified atom stereocenters. The van der Waals surface area contributed by atoms with E-state index in [9.17, 15) is 9.59 Å². The van der Waals surface area contributed by atoms with Crippen LogP contribution in [0.5, 0.6) is 11.5 Å². The molecule has 33 heavy (non-hydrogen) atoms. The number of carbonyl (C=O) groups is 2. The zero-order chi connectivity index (χ0) is 23.8. The summed E-state index contributed by atoms with van der Waals surface area (Å²) < 4.78 is 11.5. The van der Waals surface area contributed by atoms with E-state index in [0.717, 1.165) is 29.4 Å². The van der Waals surface area contributed by atoms with Gasteiger partial charge in [0, 0.05) is 17.7 Å². The Morgan fingerprint density at radius 1 is 1.06 bits per heavy atom. The highest BCUT2D eigenvalue weighted by Crippen LogP contribution is 2.29. The number of hydrogen-bond donors (Lipinski definition) is 1. The van der Waals surface area contributed by atoms with E-state index >= 15 is 0 Å². The van der Waals surface area contributed by atoms with Crippen molar-refractivity contribution in [1.82, 2.24) is 5.32 Å². The van der Waals surface area contributed by atoms with E-state index in [4.69, 9.17) is 21.1 Å². The van der Waals surface area contributed by atoms with E-state index in [2.05, 4.69) is 5.32 Å². The van der Waals surface area contributed by atoms with Crippen LogP contribution in [0.25, 0.3) is 11.1 Å². The standard InChI is InChI=1S/C27H28ClNO4/c1-4-12-32-23-9-10-24(25(28)15-23)27(31)29-16-22-14-21(8-11-26(22)33-18(2)3)20-7-5-6-19(13-20)17-30/h5-11,13-15,17-18H,4,12,16H2,1-3H3,(H,29,31). The lowest BCUT2D eigenvalue weighted by Crippen LogP contribution is -2.23. The number of halogens is 1. The van der Waals surface area contributed by atoms with E-state index in [1.54, 1.807) is 24.3 Å². The van der Waals surface area contributed by atoms with Crippen LogP contribution < -0.4 is 14.8 Å². The van der Waals surface area contributed by atoms with E-state index < -0.39 is 0 Å². The molecule has 0 fully saturated rings. The van der Waals surface area contributed by atoms with Crippen molar-refractivity contribution in [3.8, 4) is 22.6 Å². The predicted molar refractivity (Wildman–Crippen MR) is 131 cm³/mol. The fourth-order valence-corrected chi connectivity index (χ4v) is 3.57. The molecule has 0 bridgehead atoms. The van der Waals surface area contributed by atoms with Gasteiger partial charge in [-0.3, -0.25) is 9.59 Å². The molecular formula is C27H28ClNO4. The average Bonchev–Trinajstić information content (AvgIpc) is 2.81. The molecule has 3 rings (SSSR count). The Morgan fingerprint density at radius 3 is 2.55 bits per heavy atom. The number of hydrogen-bond acceptors (Lipinski definition) is 4. The summed E-state index contributed by atoms with van der Waals surface area (Å²) in [5.41, 5.74) is 3.64. The lowest BCUT2D eigenvalue weighted by atomic mass is 10.0. The molecule has 0 saturated heterocycles. The molecule has 0 aliphatic carbocycles. The summed E-state index contributed by atoms with van der Waals surface area (Å²) in [7, 11) is 0. The van der Waals surface area contributed by atoms with Crippen LogP contribution in [0.3, 0.4) is 0 Å². The third-order valence-electron chi connectivity index (χ3n) is 4.88. The summed E-state index contributed by atoms with van der Waals surface area (Å²) in [6, 6.07) is 18.2. The molecule has 0 aromatic heterocycles. The second-order valence-corrected chi connectivity index (χ2v) is 8.31. The van der Waals surface area contributed by atoms with Gasteiger partial charge in [0.15, 0.2) is 0 Å². The Bertz CT molecular complexity index is 1130. The molecule has 3 aromatic rings. The van der Waals surface area contributed by atoms with Crippen LogP contribution in [0.1, 0.15) is 53.5 Å². The maximum atomic E-state index is 12.8. The third kappa shape index (κ3) is 6.59. The fraction of sp³-hybridized carbons (Fsp3) is 0.259. The predicted octanol–water partition coefficient (Wildman–Crippen LogP) is 6.33. The smallest absolute Gasteiger partial charge is 0.253 e. The van der Waals surface area contributed by atoms with E-state index in [0.29, 0.717) is 34.3 Å². The third-order valence-corrected chi connectivity index (χ3v) is 5.19. The summed E-state index contributed by atoms with van der Waals surface area (Å²) in [6.45, 7) is 6.77. The van der Waals surface area contributed by atoms with E-state index in [1.165, 1.54) is 0 Å². The van der Waals surface area contributed by atoms with Gasteiger partial charge in [-0.2, -0.15) is 0 Å². The lowest BCUT2D eigenvalue weighted by Gasteiger charge is -2.17. The van der Waals surface area contributed by atoms with Crippen LogP contribution in [0.4, 0.5) is 0 Å². The van der Waals surface area contributed by atoms with Gasteiger partial charge >= 0.3 is 0 Å². The van der Waals surface area contributed by atoms with Crippen LogP contribution in [0.15, 0.2) is 60.7 Å². The molecule has 0 heterocycles. The minimum Gasteiger partial charge on any atom is -0.494 e. The first kappa shape index (κ1) is 24.3. The van der Waals surface area contributed by atoms with Gasteiger partial charge in [-0.15, -0.1) is 0 Å². The topological polar surface area (TPSA) is 64.6 Å². The van der Waals surface area contributed by atoms with Crippen LogP contribution in [0, 0.1) is 0 Å². The molecule has 0 saturated carbocycles. The number of carbonyl (C=O) groups excluding carboxylic acids is 2. The minimum absolute atomic E-state index is 0.0196. The summed E-state index contributed by atoms with van der Waals surface area (Å²) >= 11 is 6.32. The normalized spacial score (nSPS) is 10.7. The van der Waals surface area contributed by atoms with Crippen LogP contribution >= 0.6 is 11.6 Å². The summed E-state index contributed by atoms with van der Waals surface area (Å²) in [4.78, 5) is 24.0. The van der Waals surface area contributed by atoms with Crippen molar-refractivity contribution in [2.24, 2.45) is 0 Å². The number of aldehydes is 1. The van der Waals surface area contributed by atoms with Crippen molar-refractivity contribution >= 4 is 23.8 Å². The van der Waals surface area contributed by atoms with E-state index in [1.807, 2.05) is 57.2 Å². The first-order valence-electron chi connectivity index (χ1n) is 11.0. The molecule has 6 heteroatoms. The molecule has 0 atom stereocenters. The van der Waals surface area contributed by atoms with E-state index in [-0.39, 0.29) is 18.6 Å². The molecule has 0 aliphatic rings. The SMILES string of the molecule is CCCOc1ccc(C(=O)NCc2cc(-c3cccc(C=O)c3)ccc2OC(C)C)c(Cl)c1. The molecule has 172 valence electrons. The molecule has 0 aliphatic heterocycles. The molecular weight excluding hydrogens is 438 g/mol. The monoisotopic (exact) mass is 465 g/mol. The number of nitrogens with one attached hydrogen (secondary N) is 1. The minimum atomic E-state index is -0.286. The van der Waals surface area contributed by atoms with Crippen molar-refractivity contribution < 1.29 is 19.1 Å². The van der Waals surface area contributed by atoms with Crippen molar-refractivity contribution in [3.05, 3.63) is 82.4 Å². The molecule has 3 aromatic carbocycles. The molecule has 0 spiro atoms. The van der Waals surface area contributed by atoms with Crippen molar-refractivity contribution in [3.63, 3.8) is 0 Å². The van der Waals surface area contributed by atoms with Crippen molar-refractivity contribution in [2.45, 2.75) is 39.8 Å². The number of benzene rings is 3. The van der Waals surface area contributed by atoms with Gasteiger partial charge in [0.1, 0.15) is 17.8 Å². The first-order chi connectivity index (χ1) is 15.9. The first-order valence-corrected chi connectivity index (χ1v) is 11.3. The Morgan fingerprint density at radius 2 is 1.85 bits per heavy atom. The summed E-state index contributed by atoms with van der Waals surface area (Å²) in [5.74, 6) is 1.04. The van der Waals surface area contributed by atoms with Gasteiger partial charge in [-0.1, -0.05) is 42.8 Å². The second-order valence-electron chi connectivity index (χ2n) is 7.91. The second kappa shape index (κ2) is 11.5. The highest BCUT2D eigenvalue weighted by Gasteiger charge is 2.14. The quantitative estimate of drug-likeness (QED) is 0.355. The highest BCUT2D eigenvalue weighted by molar-refractivity contribution is 6.34. The van der Waals surface area contributed by atoms with Crippen molar-refractivity contribution in [1.29, 1.82) is 0 Å². The van der Waals surface area contributed by atoms with Crippen molar-refractivity contribution in [2.75, 3.05) is 6.61 Å². The van der Waals surface area contributed by atoms with Gasteiger partial charge in [0.05, 0.1) is 23.3 Å². The van der Waals surface area contributed by atoms with Gasteiger partial charge in [0.2, 0.25) is 0 Å². The Labute approximate surface area is 199 Å². The van der Waals surface area contributed by atoms with Gasteiger partial charge in [0.25, 0.3) is 5.91 Å². The Hall–Kier alpha value is -3.31. The van der Waals surface area contributed by atoms with Crippen LogP contribution in [-0.2, 0) is 6.54 Å². The number of ether oxygens (including phenoxy) is 2. The van der Waals surface area contributed by atoms with Crippen LogP contribution in [-0.4, -0.2) is 24.9 Å². The molecule has 1 amide bonds. The zero-order valence-electron chi connectivity index (χ0n) is 19.1. The summed E-state index contributed by atoms with van der Waals surface area (Å²) in [5, 5.41) is 3.27. The maximum Gasteiger partial charge on any atom is 0.253 e. The Balaban J connectivity index is 1.82. The number of amides is 1. The molecule has 5 nitrogen and oxygen atoms in total. The van der Waals surface area contributed by atoms with Gasteiger partial charge < -0.3 is 14.8 Å². The van der Waals surface area contributed by atoms with Gasteiger partial charge in [-0.05, 0) is 67.8 Å². The largest absolute Gasteiger partial charge is 0.494 e. The summed E-state index contributed by atoms with van der Waals surface area (Å²) in [6.07, 6.45) is 1.69. The maximum absolute atomic E-state index is 12.8. The van der Waals surface area contributed by atoms with Crippen LogP contribution in [0.2, 0.25) is 5.02 Å². The Kier molecular flexibility index (Phi) is 8.50. The zero-order valence-corrected chi connectivity index (χ0v) is 19.8. The molecule has 0 radical (unpaired) electrons. The number of rotatable bonds is 10. The van der Waals surface area contributed by atoms with Gasteiger partial charge in [-0.25, -0.2) is 0 Å². The fourth-order valence-electron chi connectivity index (χ4n) is 3.32. The highest BCUT2D eigenvalue weighted by atomic mass is 35.5. The lowest BCUT2D eigenvalue weighted by molar-refractivity contribution is 0.0950. The molecule has 1 N–H and O–H groups in total. The average molecular weight is 466 g/mol.